The van der Waals surface area contributed by atoms with Crippen molar-refractivity contribution in [2.45, 2.75) is 40.5 Å². The van der Waals surface area contributed by atoms with Gasteiger partial charge in [0.1, 0.15) is 0 Å². The molecule has 0 heteroatoms. The second-order valence-electron chi connectivity index (χ2n) is 7.35. The molecular weight excluding hydrogens is 276 g/mol. The van der Waals surface area contributed by atoms with Crippen molar-refractivity contribution in [3.8, 4) is 0 Å². The molecule has 0 saturated carbocycles. The van der Waals surface area contributed by atoms with E-state index in [4.69, 9.17) is 0 Å². The zero-order valence-electron chi connectivity index (χ0n) is 14.9. The predicted molar refractivity (Wildman–Crippen MR) is 103 cm³/mol. The Morgan fingerprint density at radius 2 is 1.65 bits per heavy atom. The number of hydrogen-bond donors (Lipinski definition) is 0. The highest BCUT2D eigenvalue weighted by atomic mass is 14.1. The predicted octanol–water partition coefficient (Wildman–Crippen LogP) is 6.70. The normalized spacial score (nSPS) is 11.8. The highest BCUT2D eigenvalue weighted by molar-refractivity contribution is 5.65. The molecule has 2 aromatic rings. The van der Waals surface area contributed by atoms with Gasteiger partial charge in [0.15, 0.2) is 0 Å². The summed E-state index contributed by atoms with van der Waals surface area (Å²) >= 11 is 0. The Hall–Kier alpha value is -2.08. The highest BCUT2D eigenvalue weighted by Gasteiger charge is 2.04. The summed E-state index contributed by atoms with van der Waals surface area (Å²) in [6.45, 7) is 13.1. The molecule has 0 bridgehead atoms. The first-order valence-electron chi connectivity index (χ1n) is 8.37. The third-order valence-electron chi connectivity index (χ3n) is 4.05. The molecule has 0 radical (unpaired) electrons. The van der Waals surface area contributed by atoms with E-state index in [1.165, 1.54) is 27.8 Å². The first-order chi connectivity index (χ1) is 10.8. The number of allylic oxidation sites excluding steroid dienone is 2. The first-order valence-corrected chi connectivity index (χ1v) is 8.37. The van der Waals surface area contributed by atoms with Crippen molar-refractivity contribution in [1.29, 1.82) is 0 Å². The third-order valence-corrected chi connectivity index (χ3v) is 4.05. The van der Waals surface area contributed by atoms with E-state index in [2.05, 4.69) is 95.0 Å². The quantitative estimate of drug-likeness (QED) is 0.576. The number of benzene rings is 2. The van der Waals surface area contributed by atoms with E-state index in [-0.39, 0.29) is 5.41 Å². The van der Waals surface area contributed by atoms with Gasteiger partial charge in [0, 0.05) is 0 Å². The van der Waals surface area contributed by atoms with Crippen molar-refractivity contribution in [2.75, 3.05) is 0 Å². The van der Waals surface area contributed by atoms with Crippen LogP contribution in [0.25, 0.3) is 11.6 Å². The molecule has 0 aliphatic heterocycles. The van der Waals surface area contributed by atoms with Crippen LogP contribution in [0.3, 0.4) is 0 Å². The second kappa shape index (κ2) is 7.46. The number of aryl methyl sites for hydroxylation is 2. The Bertz CT molecular complexity index is 679. The molecule has 0 amide bonds. The molecule has 0 atom stereocenters. The molecule has 2 aromatic carbocycles. The SMILES string of the molecule is C=C(CCc1ccccc1C)c1ccc(/C=C/C(C)(C)C)cc1. The molecule has 23 heavy (non-hydrogen) atoms. The maximum atomic E-state index is 4.27. The van der Waals surface area contributed by atoms with Crippen LogP contribution in [0.15, 0.2) is 61.2 Å². The molecule has 0 aliphatic rings. The van der Waals surface area contributed by atoms with Gasteiger partial charge in [-0.1, -0.05) is 88.0 Å². The van der Waals surface area contributed by atoms with Gasteiger partial charge in [-0.15, -0.1) is 0 Å². The average Bonchev–Trinajstić information content (AvgIpc) is 2.52. The fourth-order valence-electron chi connectivity index (χ4n) is 2.50. The monoisotopic (exact) mass is 304 g/mol. The Morgan fingerprint density at radius 3 is 2.26 bits per heavy atom. The summed E-state index contributed by atoms with van der Waals surface area (Å²) in [6.07, 6.45) is 6.49. The largest absolute Gasteiger partial charge is 0.0952 e. The van der Waals surface area contributed by atoms with Gasteiger partial charge in [-0.05, 0) is 53.0 Å². The van der Waals surface area contributed by atoms with Crippen LogP contribution in [0, 0.1) is 12.3 Å². The fourth-order valence-corrected chi connectivity index (χ4v) is 2.50. The minimum atomic E-state index is 0.218. The molecular formula is C23H28. The van der Waals surface area contributed by atoms with Crippen molar-refractivity contribution >= 4 is 11.6 Å². The van der Waals surface area contributed by atoms with Gasteiger partial charge in [-0.2, -0.15) is 0 Å². The third kappa shape index (κ3) is 5.56. The van der Waals surface area contributed by atoms with Gasteiger partial charge in [0.05, 0.1) is 0 Å². The van der Waals surface area contributed by atoms with Crippen LogP contribution in [-0.4, -0.2) is 0 Å². The van der Waals surface area contributed by atoms with E-state index >= 15 is 0 Å². The van der Waals surface area contributed by atoms with Crippen LogP contribution in [0.4, 0.5) is 0 Å². The van der Waals surface area contributed by atoms with E-state index in [9.17, 15) is 0 Å². The molecule has 0 heterocycles. The van der Waals surface area contributed by atoms with Crippen molar-refractivity contribution < 1.29 is 0 Å². The molecule has 0 fully saturated rings. The lowest BCUT2D eigenvalue weighted by Crippen LogP contribution is -1.97. The Kier molecular flexibility index (Phi) is 5.60. The summed E-state index contributed by atoms with van der Waals surface area (Å²) in [5.41, 5.74) is 6.69. The van der Waals surface area contributed by atoms with Gasteiger partial charge in [-0.3, -0.25) is 0 Å². The summed E-state index contributed by atoms with van der Waals surface area (Å²) in [7, 11) is 0. The molecule has 2 rings (SSSR count). The van der Waals surface area contributed by atoms with E-state index < -0.39 is 0 Å². The van der Waals surface area contributed by atoms with Gasteiger partial charge < -0.3 is 0 Å². The lowest BCUT2D eigenvalue weighted by atomic mass is 9.94. The van der Waals surface area contributed by atoms with Crippen LogP contribution in [-0.2, 0) is 6.42 Å². The summed E-state index contributed by atoms with van der Waals surface area (Å²) in [4.78, 5) is 0. The number of hydrogen-bond acceptors (Lipinski definition) is 0. The van der Waals surface area contributed by atoms with Gasteiger partial charge >= 0.3 is 0 Å². The smallest absolute Gasteiger partial charge is 0.0200 e. The Morgan fingerprint density at radius 1 is 1.00 bits per heavy atom. The van der Waals surface area contributed by atoms with Crippen LogP contribution in [0.5, 0.6) is 0 Å². The average molecular weight is 304 g/mol. The van der Waals surface area contributed by atoms with E-state index in [1.54, 1.807) is 0 Å². The maximum Gasteiger partial charge on any atom is -0.0200 e. The first kappa shape index (κ1) is 17.3. The molecule has 0 N–H and O–H groups in total. The van der Waals surface area contributed by atoms with Crippen LogP contribution >= 0.6 is 0 Å². The van der Waals surface area contributed by atoms with Crippen molar-refractivity contribution in [1.82, 2.24) is 0 Å². The van der Waals surface area contributed by atoms with Gasteiger partial charge in [0.2, 0.25) is 0 Å². The molecule has 120 valence electrons. The minimum Gasteiger partial charge on any atom is -0.0952 e. The van der Waals surface area contributed by atoms with Gasteiger partial charge in [-0.25, -0.2) is 0 Å². The maximum absolute atomic E-state index is 4.27. The molecule has 0 aliphatic carbocycles. The van der Waals surface area contributed by atoms with Crippen LogP contribution in [0.1, 0.15) is 49.4 Å². The lowest BCUT2D eigenvalue weighted by molar-refractivity contribution is 0.547. The van der Waals surface area contributed by atoms with E-state index in [0.29, 0.717) is 0 Å². The summed E-state index contributed by atoms with van der Waals surface area (Å²) in [5, 5.41) is 0. The Labute approximate surface area is 141 Å². The number of rotatable bonds is 5. The van der Waals surface area contributed by atoms with E-state index in [0.717, 1.165) is 12.8 Å². The van der Waals surface area contributed by atoms with E-state index in [1.807, 2.05) is 0 Å². The van der Waals surface area contributed by atoms with Gasteiger partial charge in [0.25, 0.3) is 0 Å². The lowest BCUT2D eigenvalue weighted by Gasteiger charge is -2.11. The highest BCUT2D eigenvalue weighted by Crippen LogP contribution is 2.22. The van der Waals surface area contributed by atoms with Crippen LogP contribution in [0.2, 0.25) is 0 Å². The zero-order chi connectivity index (χ0) is 16.9. The van der Waals surface area contributed by atoms with Crippen molar-refractivity contribution in [2.24, 2.45) is 5.41 Å². The fraction of sp³-hybridized carbons (Fsp3) is 0.304. The molecule has 0 aromatic heterocycles. The Balaban J connectivity index is 1.98. The molecule has 0 spiro atoms. The summed E-state index contributed by atoms with van der Waals surface area (Å²) < 4.78 is 0. The summed E-state index contributed by atoms with van der Waals surface area (Å²) in [6, 6.07) is 17.3. The molecule has 0 nitrogen and oxygen atoms in total. The van der Waals surface area contributed by atoms with Crippen LogP contribution < -0.4 is 0 Å². The zero-order valence-corrected chi connectivity index (χ0v) is 14.9. The van der Waals surface area contributed by atoms with Crippen molar-refractivity contribution in [3.05, 3.63) is 83.4 Å². The molecule has 0 unspecified atom stereocenters. The molecule has 0 saturated heterocycles. The second-order valence-corrected chi connectivity index (χ2v) is 7.35. The topological polar surface area (TPSA) is 0 Å². The minimum absolute atomic E-state index is 0.218. The van der Waals surface area contributed by atoms with Crippen molar-refractivity contribution in [3.63, 3.8) is 0 Å². The standard InChI is InChI=1S/C23H28/c1-18-8-6-7-9-21(18)13-10-19(2)22-14-11-20(12-15-22)16-17-23(3,4)5/h6-9,11-12,14-17H,2,10,13H2,1,3-5H3/b17-16+. The summed E-state index contributed by atoms with van der Waals surface area (Å²) in [5.74, 6) is 0.